The lowest BCUT2D eigenvalue weighted by atomic mass is 9.77. The Hall–Kier alpha value is 0.700. The van der Waals surface area contributed by atoms with Crippen molar-refractivity contribution in [3.8, 4) is 0 Å². The van der Waals surface area contributed by atoms with Crippen molar-refractivity contribution in [1.82, 2.24) is 0 Å². The van der Waals surface area contributed by atoms with Gasteiger partial charge in [-0.2, -0.15) is 0 Å². The van der Waals surface area contributed by atoms with E-state index in [4.69, 9.17) is 0 Å². The molecule has 0 bridgehead atoms. The van der Waals surface area contributed by atoms with Crippen LogP contribution in [0.3, 0.4) is 0 Å². The molecule has 0 aliphatic heterocycles. The summed E-state index contributed by atoms with van der Waals surface area (Å²) >= 11 is 0. The lowest BCUT2D eigenvalue weighted by Crippen LogP contribution is -2.32. The molecule has 0 unspecified atom stereocenters. The molecule has 0 aromatic rings. The van der Waals surface area contributed by atoms with Crippen molar-refractivity contribution < 1.29 is 0 Å². The van der Waals surface area contributed by atoms with E-state index >= 15 is 0 Å². The predicted octanol–water partition coefficient (Wildman–Crippen LogP) is 7.29. The maximum atomic E-state index is 2.47. The Bertz CT molecular complexity index is 294. The third kappa shape index (κ3) is 5.10. The van der Waals surface area contributed by atoms with E-state index < -0.39 is 0 Å². The van der Waals surface area contributed by atoms with Gasteiger partial charge in [0.25, 0.3) is 0 Å². The van der Waals surface area contributed by atoms with Crippen molar-refractivity contribution in [2.45, 2.75) is 90.6 Å². The molecule has 0 N–H and O–H groups in total. The summed E-state index contributed by atoms with van der Waals surface area (Å²) in [6, 6.07) is 0. The van der Waals surface area contributed by atoms with Gasteiger partial charge in [0.05, 0.1) is 0 Å². The molecule has 2 fully saturated rings. The van der Waals surface area contributed by atoms with Gasteiger partial charge in [0.2, 0.25) is 0 Å². The summed E-state index contributed by atoms with van der Waals surface area (Å²) in [5.41, 5.74) is 0. The third-order valence-electron chi connectivity index (χ3n) is 6.23. The second-order valence-corrected chi connectivity index (χ2v) is 11.7. The average molecular weight is 343 g/mol. The quantitative estimate of drug-likeness (QED) is 0.481. The van der Waals surface area contributed by atoms with Gasteiger partial charge in [-0.05, 0) is 61.2 Å². The molecule has 2 aliphatic carbocycles. The Morgan fingerprint density at radius 1 is 0.636 bits per heavy atom. The van der Waals surface area contributed by atoms with Gasteiger partial charge in [-0.25, -0.2) is 0 Å². The average Bonchev–Trinajstić information content (AvgIpc) is 2.44. The minimum Gasteiger partial charge on any atom is -0.0901 e. The third-order valence-corrected chi connectivity index (χ3v) is 9.73. The highest BCUT2D eigenvalue weighted by molar-refractivity contribution is 8.77. The topological polar surface area (TPSA) is 0 Å². The van der Waals surface area contributed by atoms with Gasteiger partial charge in [0, 0.05) is 10.5 Å². The zero-order chi connectivity index (χ0) is 16.3. The Morgan fingerprint density at radius 2 is 1.00 bits per heavy atom. The first-order valence-electron chi connectivity index (χ1n) is 9.70. The highest BCUT2D eigenvalue weighted by atomic mass is 33.1. The Kier molecular flexibility index (Phi) is 7.52. The van der Waals surface area contributed by atoms with Gasteiger partial charge in [-0.1, -0.05) is 76.0 Å². The van der Waals surface area contributed by atoms with Crippen molar-refractivity contribution in [3.63, 3.8) is 0 Å². The normalized spacial score (nSPS) is 40.4. The van der Waals surface area contributed by atoms with Gasteiger partial charge in [-0.3, -0.25) is 0 Å². The lowest BCUT2D eigenvalue weighted by molar-refractivity contribution is 0.243. The fourth-order valence-corrected chi connectivity index (χ4v) is 9.06. The highest BCUT2D eigenvalue weighted by Gasteiger charge is 2.35. The Balaban J connectivity index is 1.93. The van der Waals surface area contributed by atoms with E-state index in [1.165, 1.54) is 38.5 Å². The van der Waals surface area contributed by atoms with Crippen molar-refractivity contribution in [2.75, 3.05) is 0 Å². The number of hydrogen-bond donors (Lipinski definition) is 0. The molecule has 0 heterocycles. The van der Waals surface area contributed by atoms with E-state index in [-0.39, 0.29) is 0 Å². The summed E-state index contributed by atoms with van der Waals surface area (Å²) in [4.78, 5) is 0. The van der Waals surface area contributed by atoms with Crippen LogP contribution < -0.4 is 0 Å². The molecule has 0 saturated heterocycles. The number of rotatable bonds is 5. The molecule has 0 radical (unpaired) electrons. The minimum absolute atomic E-state index is 0.858. The number of hydrogen-bond acceptors (Lipinski definition) is 2. The standard InChI is InChI=1S/C20H38S2/c1-13(2)17-9-7-15(5)11-19(17)21-22-20-12-16(6)8-10-18(20)14(3)4/h13-20H,7-12H2,1-6H3/t15-,16-,17+,18+,19-,20-/m1/s1. The summed E-state index contributed by atoms with van der Waals surface area (Å²) in [5, 5.41) is 1.80. The lowest BCUT2D eigenvalue weighted by Gasteiger charge is -2.40. The second kappa shape index (κ2) is 8.70. The van der Waals surface area contributed by atoms with E-state index in [1.807, 2.05) is 0 Å². The molecule has 130 valence electrons. The van der Waals surface area contributed by atoms with Crippen LogP contribution in [0.4, 0.5) is 0 Å². The summed E-state index contributed by atoms with van der Waals surface area (Å²) < 4.78 is 0. The minimum atomic E-state index is 0.858. The van der Waals surface area contributed by atoms with Crippen molar-refractivity contribution in [1.29, 1.82) is 0 Å². The molecule has 2 aliphatic rings. The van der Waals surface area contributed by atoms with Gasteiger partial charge < -0.3 is 0 Å². The largest absolute Gasteiger partial charge is 0.0901 e. The molecule has 0 aromatic heterocycles. The second-order valence-electron chi connectivity index (χ2n) is 8.92. The van der Waals surface area contributed by atoms with Crippen LogP contribution in [0.15, 0.2) is 0 Å². The van der Waals surface area contributed by atoms with Crippen LogP contribution in [-0.4, -0.2) is 10.5 Å². The van der Waals surface area contributed by atoms with Gasteiger partial charge in [-0.15, -0.1) is 0 Å². The van der Waals surface area contributed by atoms with Crippen molar-refractivity contribution in [3.05, 3.63) is 0 Å². The molecule has 22 heavy (non-hydrogen) atoms. The monoisotopic (exact) mass is 342 g/mol. The van der Waals surface area contributed by atoms with Crippen LogP contribution in [0.2, 0.25) is 0 Å². The molecule has 0 nitrogen and oxygen atoms in total. The van der Waals surface area contributed by atoms with Crippen molar-refractivity contribution in [2.24, 2.45) is 35.5 Å². The first-order chi connectivity index (χ1) is 10.4. The summed E-state index contributed by atoms with van der Waals surface area (Å²) in [7, 11) is 4.57. The van der Waals surface area contributed by atoms with E-state index in [9.17, 15) is 0 Å². The van der Waals surface area contributed by atoms with Crippen LogP contribution in [0.1, 0.15) is 80.1 Å². The molecular formula is C20H38S2. The van der Waals surface area contributed by atoms with E-state index in [2.05, 4.69) is 63.1 Å². The summed E-state index contributed by atoms with van der Waals surface area (Å²) in [5.74, 6) is 5.51. The van der Waals surface area contributed by atoms with Crippen LogP contribution in [0.5, 0.6) is 0 Å². The molecule has 6 atom stereocenters. The van der Waals surface area contributed by atoms with Crippen LogP contribution in [-0.2, 0) is 0 Å². The van der Waals surface area contributed by atoms with E-state index in [1.54, 1.807) is 0 Å². The highest BCUT2D eigenvalue weighted by Crippen LogP contribution is 2.50. The first-order valence-corrected chi connectivity index (χ1v) is 12.0. The fourth-order valence-electron chi connectivity index (χ4n) is 4.59. The summed E-state index contributed by atoms with van der Waals surface area (Å²) in [6.07, 6.45) is 8.75. The molecular weight excluding hydrogens is 304 g/mol. The molecule has 0 amide bonds. The Labute approximate surface area is 147 Å². The first kappa shape index (κ1) is 19.0. The van der Waals surface area contributed by atoms with Crippen LogP contribution >= 0.6 is 21.6 Å². The molecule has 2 rings (SSSR count). The van der Waals surface area contributed by atoms with E-state index in [0.717, 1.165) is 46.0 Å². The van der Waals surface area contributed by atoms with Crippen molar-refractivity contribution >= 4 is 21.6 Å². The van der Waals surface area contributed by atoms with E-state index in [0.29, 0.717) is 0 Å². The van der Waals surface area contributed by atoms with Gasteiger partial charge in [0.1, 0.15) is 0 Å². The van der Waals surface area contributed by atoms with Crippen LogP contribution in [0, 0.1) is 35.5 Å². The maximum absolute atomic E-state index is 2.47. The summed E-state index contributed by atoms with van der Waals surface area (Å²) in [6.45, 7) is 14.7. The maximum Gasteiger partial charge on any atom is 0.0184 e. The predicted molar refractivity (Wildman–Crippen MR) is 105 cm³/mol. The molecule has 2 heteroatoms. The SMILES string of the molecule is CC(C)[C@@H]1CC[C@@H](C)C[C@H]1SS[C@@H]1C[C@H](C)CC[C@H]1C(C)C. The van der Waals surface area contributed by atoms with Crippen LogP contribution in [0.25, 0.3) is 0 Å². The zero-order valence-electron chi connectivity index (χ0n) is 15.7. The Morgan fingerprint density at radius 3 is 1.32 bits per heavy atom. The molecule has 2 saturated carbocycles. The molecule has 0 aromatic carbocycles. The molecule has 0 spiro atoms. The fraction of sp³-hybridized carbons (Fsp3) is 1.00. The smallest absolute Gasteiger partial charge is 0.0184 e. The van der Waals surface area contributed by atoms with Gasteiger partial charge in [0.15, 0.2) is 0 Å². The zero-order valence-corrected chi connectivity index (χ0v) is 17.3. The van der Waals surface area contributed by atoms with Gasteiger partial charge >= 0.3 is 0 Å².